The van der Waals surface area contributed by atoms with Crippen molar-refractivity contribution in [2.24, 2.45) is 0 Å². The number of nitrogens with one attached hydrogen (secondary N) is 1. The lowest BCUT2D eigenvalue weighted by molar-refractivity contribution is -0.137. The summed E-state index contributed by atoms with van der Waals surface area (Å²) in [4.78, 5) is 16.8. The lowest BCUT2D eigenvalue weighted by atomic mass is 10.1. The van der Waals surface area contributed by atoms with Crippen molar-refractivity contribution in [2.45, 2.75) is 13.1 Å². The van der Waals surface area contributed by atoms with Gasteiger partial charge in [0.25, 0.3) is 5.91 Å². The molecule has 0 unspecified atom stereocenters. The van der Waals surface area contributed by atoms with E-state index in [1.807, 2.05) is 0 Å². The summed E-state index contributed by atoms with van der Waals surface area (Å²) in [5.41, 5.74) is -0.106. The predicted molar refractivity (Wildman–Crippen MR) is 90.8 cm³/mol. The molecule has 2 aromatic carbocycles. The second-order valence-corrected chi connectivity index (χ2v) is 6.03. The lowest BCUT2D eigenvalue weighted by Crippen LogP contribution is -2.14. The molecule has 0 saturated heterocycles. The first kappa shape index (κ1) is 18.1. The summed E-state index contributed by atoms with van der Waals surface area (Å²) in [6.45, 7) is 1.66. The van der Waals surface area contributed by atoms with Crippen LogP contribution in [-0.4, -0.2) is 10.9 Å². The van der Waals surface area contributed by atoms with Gasteiger partial charge >= 0.3 is 6.18 Å². The number of anilines is 1. The van der Waals surface area contributed by atoms with Crippen LogP contribution in [0.1, 0.15) is 21.6 Å². The fraction of sp³-hybridized carbons (Fsp3) is 0.111. The van der Waals surface area contributed by atoms with Gasteiger partial charge in [0.05, 0.1) is 21.7 Å². The Bertz CT molecular complexity index is 1020. The Morgan fingerprint density at radius 2 is 1.85 bits per heavy atom. The molecule has 3 rings (SSSR count). The van der Waals surface area contributed by atoms with Gasteiger partial charge < -0.3 is 5.32 Å². The minimum atomic E-state index is -4.65. The quantitative estimate of drug-likeness (QED) is 0.585. The van der Waals surface area contributed by atoms with Crippen LogP contribution in [0.5, 0.6) is 0 Å². The smallest absolute Gasteiger partial charge is 0.322 e. The molecule has 0 bridgehead atoms. The zero-order chi connectivity index (χ0) is 19.1. The van der Waals surface area contributed by atoms with Crippen LogP contribution >= 0.6 is 11.6 Å². The minimum Gasteiger partial charge on any atom is -0.322 e. The third kappa shape index (κ3) is 3.62. The maximum atomic E-state index is 13.5. The molecule has 0 aliphatic rings. The van der Waals surface area contributed by atoms with E-state index in [2.05, 4.69) is 10.3 Å². The van der Waals surface area contributed by atoms with E-state index < -0.39 is 28.5 Å². The van der Waals surface area contributed by atoms with Crippen LogP contribution < -0.4 is 5.32 Å². The number of hydrogen-bond acceptors (Lipinski definition) is 2. The molecule has 3 aromatic rings. The van der Waals surface area contributed by atoms with E-state index in [4.69, 9.17) is 11.6 Å². The topological polar surface area (TPSA) is 42.0 Å². The number of halogens is 5. The van der Waals surface area contributed by atoms with Crippen LogP contribution in [0.3, 0.4) is 0 Å². The van der Waals surface area contributed by atoms with Crippen molar-refractivity contribution in [3.63, 3.8) is 0 Å². The second-order valence-electron chi connectivity index (χ2n) is 5.62. The van der Waals surface area contributed by atoms with Crippen molar-refractivity contribution in [1.82, 2.24) is 4.98 Å². The monoisotopic (exact) mass is 382 g/mol. The van der Waals surface area contributed by atoms with E-state index in [-0.39, 0.29) is 16.6 Å². The largest absolute Gasteiger partial charge is 0.417 e. The van der Waals surface area contributed by atoms with E-state index in [1.54, 1.807) is 6.92 Å². The highest BCUT2D eigenvalue weighted by Crippen LogP contribution is 2.36. The maximum Gasteiger partial charge on any atom is 0.417 e. The molecule has 0 aliphatic carbocycles. The summed E-state index contributed by atoms with van der Waals surface area (Å²) < 4.78 is 52.4. The van der Waals surface area contributed by atoms with Gasteiger partial charge in [-0.3, -0.25) is 9.78 Å². The first-order valence-corrected chi connectivity index (χ1v) is 7.78. The van der Waals surface area contributed by atoms with Crippen molar-refractivity contribution < 1.29 is 22.4 Å². The molecule has 134 valence electrons. The zero-order valence-electron chi connectivity index (χ0n) is 13.3. The number of rotatable bonds is 2. The number of alkyl halides is 3. The second kappa shape index (κ2) is 6.57. The Morgan fingerprint density at radius 1 is 1.12 bits per heavy atom. The van der Waals surface area contributed by atoms with E-state index >= 15 is 0 Å². The van der Waals surface area contributed by atoms with Gasteiger partial charge in [-0.2, -0.15) is 13.2 Å². The van der Waals surface area contributed by atoms with Gasteiger partial charge in [-0.05, 0) is 49.4 Å². The van der Waals surface area contributed by atoms with E-state index in [0.717, 1.165) is 18.2 Å². The standard InChI is InChI=1S/C18H11ClF4N2O/c1-9-6-13(12-7-10(20)2-5-16(12)24-9)17(26)25-11-3-4-15(19)14(8-11)18(21,22)23/h2-8H,1H3,(H,25,26). The molecule has 0 radical (unpaired) electrons. The van der Waals surface area contributed by atoms with Gasteiger partial charge in [0, 0.05) is 16.8 Å². The van der Waals surface area contributed by atoms with Crippen molar-refractivity contribution in [2.75, 3.05) is 5.32 Å². The van der Waals surface area contributed by atoms with Crippen molar-refractivity contribution in [1.29, 1.82) is 0 Å². The van der Waals surface area contributed by atoms with E-state index in [1.165, 1.54) is 24.3 Å². The van der Waals surface area contributed by atoms with Crippen molar-refractivity contribution in [3.8, 4) is 0 Å². The molecular weight excluding hydrogens is 372 g/mol. The molecule has 0 spiro atoms. The van der Waals surface area contributed by atoms with E-state index in [0.29, 0.717) is 11.2 Å². The lowest BCUT2D eigenvalue weighted by Gasteiger charge is -2.13. The molecule has 1 N–H and O–H groups in total. The molecule has 0 fully saturated rings. The summed E-state index contributed by atoms with van der Waals surface area (Å²) >= 11 is 5.57. The van der Waals surface area contributed by atoms with Gasteiger partial charge in [0.15, 0.2) is 0 Å². The van der Waals surface area contributed by atoms with Gasteiger partial charge in [0.1, 0.15) is 5.82 Å². The predicted octanol–water partition coefficient (Wildman–Crippen LogP) is 5.61. The van der Waals surface area contributed by atoms with Crippen LogP contribution in [0.25, 0.3) is 10.9 Å². The molecule has 0 atom stereocenters. The van der Waals surface area contributed by atoms with Gasteiger partial charge in [-0.25, -0.2) is 4.39 Å². The number of aromatic nitrogens is 1. The van der Waals surface area contributed by atoms with Gasteiger partial charge in [0.2, 0.25) is 0 Å². The average Bonchev–Trinajstić information content (AvgIpc) is 2.55. The fourth-order valence-corrected chi connectivity index (χ4v) is 2.76. The number of pyridine rings is 1. The maximum absolute atomic E-state index is 13.5. The number of hydrogen-bond donors (Lipinski definition) is 1. The third-order valence-corrected chi connectivity index (χ3v) is 4.00. The Labute approximate surface area is 150 Å². The normalized spacial score (nSPS) is 11.6. The molecule has 1 amide bonds. The van der Waals surface area contributed by atoms with Crippen molar-refractivity contribution >= 4 is 34.1 Å². The Hall–Kier alpha value is -2.67. The Kier molecular flexibility index (Phi) is 4.58. The molecule has 26 heavy (non-hydrogen) atoms. The number of benzene rings is 2. The number of amides is 1. The highest BCUT2D eigenvalue weighted by molar-refractivity contribution is 6.31. The fourth-order valence-electron chi connectivity index (χ4n) is 2.54. The molecule has 1 heterocycles. The van der Waals surface area contributed by atoms with Crippen molar-refractivity contribution in [3.05, 3.63) is 70.1 Å². The van der Waals surface area contributed by atoms with E-state index in [9.17, 15) is 22.4 Å². The SMILES string of the molecule is Cc1cc(C(=O)Nc2ccc(Cl)c(C(F)(F)F)c2)c2cc(F)ccc2n1. The number of aryl methyl sites for hydroxylation is 1. The Morgan fingerprint density at radius 3 is 2.54 bits per heavy atom. The molecule has 3 nitrogen and oxygen atoms in total. The van der Waals surface area contributed by atoms with Gasteiger partial charge in [-0.15, -0.1) is 0 Å². The highest BCUT2D eigenvalue weighted by Gasteiger charge is 2.33. The summed E-state index contributed by atoms with van der Waals surface area (Å²) in [7, 11) is 0. The summed E-state index contributed by atoms with van der Waals surface area (Å²) in [5.74, 6) is -1.23. The first-order chi connectivity index (χ1) is 12.1. The van der Waals surface area contributed by atoms with Crippen LogP contribution in [0.15, 0.2) is 42.5 Å². The molecule has 0 aliphatic heterocycles. The molecule has 8 heteroatoms. The third-order valence-electron chi connectivity index (χ3n) is 3.67. The highest BCUT2D eigenvalue weighted by atomic mass is 35.5. The summed E-state index contributed by atoms with van der Waals surface area (Å²) in [6, 6.07) is 8.29. The molecule has 1 aromatic heterocycles. The van der Waals surface area contributed by atoms with Crippen LogP contribution in [-0.2, 0) is 6.18 Å². The van der Waals surface area contributed by atoms with Crippen LogP contribution in [0.4, 0.5) is 23.2 Å². The minimum absolute atomic E-state index is 0.0780. The number of fused-ring (bicyclic) bond motifs is 1. The first-order valence-electron chi connectivity index (χ1n) is 7.40. The Balaban J connectivity index is 2.01. The van der Waals surface area contributed by atoms with Gasteiger partial charge in [-0.1, -0.05) is 11.6 Å². The molecular formula is C18H11ClF4N2O. The van der Waals surface area contributed by atoms with Crippen LogP contribution in [0, 0.1) is 12.7 Å². The summed E-state index contributed by atoms with van der Waals surface area (Å²) in [6.07, 6.45) is -4.65. The van der Waals surface area contributed by atoms with Crippen LogP contribution in [0.2, 0.25) is 5.02 Å². The molecule has 0 saturated carbocycles. The summed E-state index contributed by atoms with van der Waals surface area (Å²) in [5, 5.41) is 2.18. The number of carbonyl (C=O) groups excluding carboxylic acids is 1. The zero-order valence-corrected chi connectivity index (χ0v) is 14.0. The number of carbonyl (C=O) groups is 1. The number of nitrogens with zero attached hydrogens (tertiary/aromatic N) is 1. The average molecular weight is 383 g/mol.